The molecule has 1 saturated carbocycles. The highest BCUT2D eigenvalue weighted by atomic mass is 32.2. The minimum atomic E-state index is -0.418. The van der Waals surface area contributed by atoms with Gasteiger partial charge in [0.05, 0.1) is 5.52 Å². The Balaban J connectivity index is 1.37. The first-order valence-corrected chi connectivity index (χ1v) is 12.6. The highest BCUT2D eigenvalue weighted by Crippen LogP contribution is 2.31. The van der Waals surface area contributed by atoms with Gasteiger partial charge in [-0.3, -0.25) is 14.7 Å². The lowest BCUT2D eigenvalue weighted by Crippen LogP contribution is -2.18. The van der Waals surface area contributed by atoms with Gasteiger partial charge in [-0.15, -0.1) is 0 Å². The second-order valence-corrected chi connectivity index (χ2v) is 9.74. The maximum Gasteiger partial charge on any atom is 0.417 e. The molecule has 0 saturated heterocycles. The third-order valence-corrected chi connectivity index (χ3v) is 7.48. The lowest BCUT2D eigenvalue weighted by molar-refractivity contribution is 0.434. The SMILES string of the molecule is CCC(C)C1CCCC1=NCCC(CNSc1ccc2[nH]c(=O)oc2c1)c1ccccc1. The molecular weight excluding hydrogens is 418 g/mol. The van der Waals surface area contributed by atoms with Crippen LogP contribution in [-0.2, 0) is 0 Å². The van der Waals surface area contributed by atoms with Crippen molar-refractivity contribution in [3.63, 3.8) is 0 Å². The van der Waals surface area contributed by atoms with Crippen molar-refractivity contribution >= 4 is 28.8 Å². The van der Waals surface area contributed by atoms with Crippen molar-refractivity contribution < 1.29 is 4.42 Å². The van der Waals surface area contributed by atoms with Gasteiger partial charge < -0.3 is 4.42 Å². The van der Waals surface area contributed by atoms with Crippen LogP contribution in [0, 0.1) is 11.8 Å². The summed E-state index contributed by atoms with van der Waals surface area (Å²) in [5, 5.41) is 0. The molecule has 0 aliphatic heterocycles. The molecule has 1 aliphatic carbocycles. The summed E-state index contributed by atoms with van der Waals surface area (Å²) in [6.45, 7) is 6.39. The summed E-state index contributed by atoms with van der Waals surface area (Å²) in [5.74, 6) is 1.40. The zero-order chi connectivity index (χ0) is 22.3. The highest BCUT2D eigenvalue weighted by molar-refractivity contribution is 7.97. The zero-order valence-electron chi connectivity index (χ0n) is 19.0. The van der Waals surface area contributed by atoms with E-state index in [1.54, 1.807) is 11.9 Å². The number of nitrogens with one attached hydrogen (secondary N) is 2. The average Bonchev–Trinajstić information content (AvgIpc) is 3.43. The number of oxazole rings is 1. The van der Waals surface area contributed by atoms with E-state index in [9.17, 15) is 4.79 Å². The van der Waals surface area contributed by atoms with Crippen molar-refractivity contribution in [1.82, 2.24) is 9.71 Å². The van der Waals surface area contributed by atoms with E-state index in [1.165, 1.54) is 37.0 Å². The fraction of sp³-hybridized carbons (Fsp3) is 0.462. The van der Waals surface area contributed by atoms with E-state index in [1.807, 2.05) is 18.2 Å². The molecule has 3 atom stereocenters. The standard InChI is InChI=1S/C26H33N3O2S/c1-3-18(2)22-10-7-11-23(22)27-15-14-20(19-8-5-4-6-9-19)17-28-32-21-12-13-24-25(16-21)31-26(30)29-24/h4-6,8-9,12-13,16,18,20,22,28H,3,7,10-11,14-15,17H2,1-2H3,(H,29,30). The van der Waals surface area contributed by atoms with Crippen LogP contribution in [0.1, 0.15) is 57.4 Å². The fourth-order valence-electron chi connectivity index (χ4n) is 4.64. The number of H-pyrrole nitrogens is 1. The Kier molecular flexibility index (Phi) is 7.87. The van der Waals surface area contributed by atoms with E-state index in [0.29, 0.717) is 17.4 Å². The number of aliphatic imine (C=N–C) groups is 1. The first-order valence-electron chi connectivity index (χ1n) is 11.7. The Morgan fingerprint density at radius 1 is 1.25 bits per heavy atom. The first-order chi connectivity index (χ1) is 15.6. The number of aromatic amines is 1. The highest BCUT2D eigenvalue weighted by Gasteiger charge is 2.26. The molecule has 0 spiro atoms. The van der Waals surface area contributed by atoms with Gasteiger partial charge in [-0.2, -0.15) is 0 Å². The first kappa shape index (κ1) is 22.9. The van der Waals surface area contributed by atoms with Crippen molar-refractivity contribution in [3.8, 4) is 0 Å². The van der Waals surface area contributed by atoms with Crippen molar-refractivity contribution in [2.45, 2.75) is 56.8 Å². The minimum absolute atomic E-state index is 0.394. The smallest absolute Gasteiger partial charge is 0.408 e. The maximum absolute atomic E-state index is 11.4. The summed E-state index contributed by atoms with van der Waals surface area (Å²) in [4.78, 5) is 20.2. The van der Waals surface area contributed by atoms with Crippen LogP contribution in [0.25, 0.3) is 11.1 Å². The normalized spacial score (nSPS) is 19.6. The number of benzene rings is 2. The fourth-order valence-corrected chi connectivity index (χ4v) is 5.39. The van der Waals surface area contributed by atoms with Crippen LogP contribution >= 0.6 is 11.9 Å². The van der Waals surface area contributed by atoms with Crippen LogP contribution in [0.15, 0.2) is 67.6 Å². The average molecular weight is 452 g/mol. The van der Waals surface area contributed by atoms with Crippen LogP contribution in [0.2, 0.25) is 0 Å². The third kappa shape index (κ3) is 5.73. The largest absolute Gasteiger partial charge is 0.417 e. The molecule has 5 nitrogen and oxygen atoms in total. The van der Waals surface area contributed by atoms with Crippen LogP contribution in [0.4, 0.5) is 0 Å². The van der Waals surface area contributed by atoms with Crippen molar-refractivity contribution in [3.05, 3.63) is 64.6 Å². The summed E-state index contributed by atoms with van der Waals surface area (Å²) in [6.07, 6.45) is 6.03. The van der Waals surface area contributed by atoms with E-state index in [2.05, 4.69) is 53.9 Å². The number of fused-ring (bicyclic) bond motifs is 1. The molecule has 2 aromatic carbocycles. The number of hydrogen-bond acceptors (Lipinski definition) is 5. The van der Waals surface area contributed by atoms with Crippen molar-refractivity contribution in [2.24, 2.45) is 16.8 Å². The number of nitrogens with zero attached hydrogens (tertiary/aromatic N) is 1. The van der Waals surface area contributed by atoms with Gasteiger partial charge in [-0.1, -0.05) is 50.6 Å². The van der Waals surface area contributed by atoms with Gasteiger partial charge in [-0.25, -0.2) is 4.79 Å². The van der Waals surface area contributed by atoms with Gasteiger partial charge in [-0.05, 0) is 79.1 Å². The molecule has 2 N–H and O–H groups in total. The molecule has 4 rings (SSSR count). The molecule has 0 amide bonds. The molecule has 32 heavy (non-hydrogen) atoms. The summed E-state index contributed by atoms with van der Waals surface area (Å²) in [6, 6.07) is 16.5. The molecule has 0 bridgehead atoms. The van der Waals surface area contributed by atoms with Gasteiger partial charge in [0.15, 0.2) is 5.58 Å². The summed E-state index contributed by atoms with van der Waals surface area (Å²) < 4.78 is 8.70. The summed E-state index contributed by atoms with van der Waals surface area (Å²) >= 11 is 1.57. The monoisotopic (exact) mass is 451 g/mol. The molecule has 1 aliphatic rings. The second-order valence-electron chi connectivity index (χ2n) is 8.78. The van der Waals surface area contributed by atoms with Gasteiger partial charge in [0.25, 0.3) is 0 Å². The van der Waals surface area contributed by atoms with Gasteiger partial charge in [0.2, 0.25) is 0 Å². The van der Waals surface area contributed by atoms with E-state index in [4.69, 9.17) is 9.41 Å². The molecule has 3 aromatic rings. The molecule has 6 heteroatoms. The Morgan fingerprint density at radius 3 is 2.91 bits per heavy atom. The maximum atomic E-state index is 11.4. The number of rotatable bonds is 10. The quantitative estimate of drug-likeness (QED) is 0.361. The Morgan fingerprint density at radius 2 is 2.09 bits per heavy atom. The van der Waals surface area contributed by atoms with E-state index < -0.39 is 5.76 Å². The third-order valence-electron chi connectivity index (χ3n) is 6.68. The lowest BCUT2D eigenvalue weighted by atomic mass is 9.89. The van der Waals surface area contributed by atoms with Crippen LogP contribution in [-0.4, -0.2) is 23.8 Å². The second kappa shape index (κ2) is 11.0. The minimum Gasteiger partial charge on any atom is -0.408 e. The van der Waals surface area contributed by atoms with E-state index >= 15 is 0 Å². The zero-order valence-corrected chi connectivity index (χ0v) is 19.8. The van der Waals surface area contributed by atoms with Crippen molar-refractivity contribution in [1.29, 1.82) is 0 Å². The van der Waals surface area contributed by atoms with Crippen LogP contribution in [0.3, 0.4) is 0 Å². The molecule has 170 valence electrons. The van der Waals surface area contributed by atoms with Crippen molar-refractivity contribution in [2.75, 3.05) is 13.1 Å². The lowest BCUT2D eigenvalue weighted by Gasteiger charge is -2.20. The Hall–Kier alpha value is -2.31. The number of hydrogen-bond donors (Lipinski definition) is 2. The van der Waals surface area contributed by atoms with E-state index in [-0.39, 0.29) is 0 Å². The van der Waals surface area contributed by atoms with Gasteiger partial charge in [0.1, 0.15) is 0 Å². The van der Waals surface area contributed by atoms with E-state index in [0.717, 1.165) is 35.8 Å². The molecule has 1 aromatic heterocycles. The van der Waals surface area contributed by atoms with Crippen LogP contribution in [0.5, 0.6) is 0 Å². The van der Waals surface area contributed by atoms with Crippen LogP contribution < -0.4 is 10.5 Å². The van der Waals surface area contributed by atoms with Gasteiger partial charge >= 0.3 is 5.76 Å². The summed E-state index contributed by atoms with van der Waals surface area (Å²) in [5.41, 5.74) is 4.11. The molecule has 1 heterocycles. The van der Waals surface area contributed by atoms with Gasteiger partial charge in [0, 0.05) is 23.7 Å². The predicted octanol–water partition coefficient (Wildman–Crippen LogP) is 6.18. The Bertz CT molecular complexity index is 1090. The molecular formula is C26H33N3O2S. The Labute approximate surface area is 194 Å². The topological polar surface area (TPSA) is 70.4 Å². The number of aromatic nitrogens is 1. The molecule has 0 radical (unpaired) electrons. The molecule has 1 fully saturated rings. The summed E-state index contributed by atoms with van der Waals surface area (Å²) in [7, 11) is 0. The molecule has 3 unspecified atom stereocenters. The predicted molar refractivity (Wildman–Crippen MR) is 134 cm³/mol.